The van der Waals surface area contributed by atoms with Crippen LogP contribution < -0.4 is 5.73 Å². The molecule has 0 aromatic carbocycles. The van der Waals surface area contributed by atoms with Gasteiger partial charge in [-0.1, -0.05) is 0 Å². The number of thiazole rings is 1. The van der Waals surface area contributed by atoms with Gasteiger partial charge in [-0.15, -0.1) is 11.3 Å². The minimum atomic E-state index is -4.53. The molecule has 1 rings (SSSR count). The van der Waals surface area contributed by atoms with Gasteiger partial charge < -0.3 is 10.5 Å². The van der Waals surface area contributed by atoms with Crippen LogP contribution in [0.4, 0.5) is 13.2 Å². The molecule has 0 saturated heterocycles. The highest BCUT2D eigenvalue weighted by Crippen LogP contribution is 2.38. The molecule has 0 radical (unpaired) electrons. The number of hydrogen-bond donors (Lipinski definition) is 1. The second kappa shape index (κ2) is 4.22. The zero-order valence-corrected chi connectivity index (χ0v) is 10.9. The fourth-order valence-corrected chi connectivity index (χ4v) is 2.06. The number of hydrogen-bond acceptors (Lipinski definition) is 4. The maximum Gasteiger partial charge on any atom is 0.411 e. The number of ether oxygens (including phenoxy) is 1. The molecule has 1 unspecified atom stereocenters. The van der Waals surface area contributed by atoms with Gasteiger partial charge in [0.25, 0.3) is 0 Å². The Morgan fingerprint density at radius 3 is 2.24 bits per heavy atom. The van der Waals surface area contributed by atoms with Gasteiger partial charge in [0.2, 0.25) is 0 Å². The maximum absolute atomic E-state index is 12.7. The highest BCUT2D eigenvalue weighted by Gasteiger charge is 2.51. The van der Waals surface area contributed by atoms with Crippen LogP contribution in [-0.2, 0) is 15.9 Å². The third kappa shape index (κ3) is 2.61. The molecule has 0 spiro atoms. The van der Waals surface area contributed by atoms with Crippen molar-refractivity contribution in [2.24, 2.45) is 5.73 Å². The Hall–Kier alpha value is -0.660. The van der Waals surface area contributed by atoms with E-state index in [-0.39, 0.29) is 5.69 Å². The third-order valence-electron chi connectivity index (χ3n) is 2.65. The average Bonchev–Trinajstić information content (AvgIpc) is 2.65. The van der Waals surface area contributed by atoms with Gasteiger partial charge in [-0.25, -0.2) is 4.98 Å². The van der Waals surface area contributed by atoms with Crippen molar-refractivity contribution in [3.63, 3.8) is 0 Å². The number of nitrogens with two attached hydrogens (primary N) is 1. The van der Waals surface area contributed by atoms with Crippen molar-refractivity contribution in [2.75, 3.05) is 7.11 Å². The molecule has 0 saturated carbocycles. The topological polar surface area (TPSA) is 48.1 Å². The summed E-state index contributed by atoms with van der Waals surface area (Å²) in [5, 5.41) is 1.79. The third-order valence-corrected chi connectivity index (χ3v) is 3.80. The number of aromatic nitrogens is 1. The monoisotopic (exact) mass is 268 g/mol. The summed E-state index contributed by atoms with van der Waals surface area (Å²) >= 11 is 1.11. The Balaban J connectivity index is 3.12. The second-order valence-electron chi connectivity index (χ2n) is 4.45. The van der Waals surface area contributed by atoms with E-state index in [9.17, 15) is 13.2 Å². The molecule has 17 heavy (non-hydrogen) atoms. The molecule has 3 nitrogen and oxygen atoms in total. The largest absolute Gasteiger partial charge is 0.411 e. The van der Waals surface area contributed by atoms with Gasteiger partial charge in [0.05, 0.1) is 5.69 Å². The zero-order valence-electron chi connectivity index (χ0n) is 10.1. The molecule has 1 heterocycles. The normalized spacial score (nSPS) is 16.9. The van der Waals surface area contributed by atoms with Crippen molar-refractivity contribution in [2.45, 2.75) is 38.1 Å². The van der Waals surface area contributed by atoms with Gasteiger partial charge in [0, 0.05) is 12.5 Å². The number of rotatable bonds is 3. The van der Waals surface area contributed by atoms with Crippen LogP contribution in [-0.4, -0.2) is 18.3 Å². The van der Waals surface area contributed by atoms with Crippen LogP contribution in [0.5, 0.6) is 0 Å². The lowest BCUT2D eigenvalue weighted by atomic mass is 10.00. The summed E-state index contributed by atoms with van der Waals surface area (Å²) in [4.78, 5) is 3.94. The van der Waals surface area contributed by atoms with Crippen LogP contribution >= 0.6 is 11.3 Å². The maximum atomic E-state index is 12.7. The summed E-state index contributed by atoms with van der Waals surface area (Å²) in [6.07, 6.45) is -4.53. The molecule has 0 fully saturated rings. The van der Waals surface area contributed by atoms with Gasteiger partial charge in [-0.05, 0) is 20.8 Å². The van der Waals surface area contributed by atoms with Crippen molar-refractivity contribution in [3.05, 3.63) is 16.1 Å². The van der Waals surface area contributed by atoms with Crippen LogP contribution in [0.3, 0.4) is 0 Å². The molecule has 2 N–H and O–H groups in total. The Morgan fingerprint density at radius 1 is 1.29 bits per heavy atom. The van der Waals surface area contributed by atoms with Crippen LogP contribution in [0.2, 0.25) is 0 Å². The first-order chi connectivity index (χ1) is 7.52. The number of methoxy groups -OCH3 is 1. The van der Waals surface area contributed by atoms with Gasteiger partial charge in [-0.2, -0.15) is 13.2 Å². The molecule has 0 bridgehead atoms. The van der Waals surface area contributed by atoms with Crippen molar-refractivity contribution in [3.8, 4) is 0 Å². The minimum absolute atomic E-state index is 0.185. The van der Waals surface area contributed by atoms with E-state index in [0.717, 1.165) is 18.3 Å². The predicted molar refractivity (Wildman–Crippen MR) is 59.7 cm³/mol. The molecule has 1 aromatic rings. The summed E-state index contributed by atoms with van der Waals surface area (Å²) in [6.45, 7) is 4.37. The molecule has 7 heteroatoms. The van der Waals surface area contributed by atoms with Gasteiger partial charge >= 0.3 is 6.18 Å². The second-order valence-corrected chi connectivity index (χ2v) is 5.31. The van der Waals surface area contributed by atoms with E-state index in [1.54, 1.807) is 13.8 Å². The van der Waals surface area contributed by atoms with E-state index < -0.39 is 17.3 Å². The highest BCUT2D eigenvalue weighted by molar-refractivity contribution is 7.09. The summed E-state index contributed by atoms with van der Waals surface area (Å²) in [6, 6.07) is 0. The Labute approximate surface area is 102 Å². The van der Waals surface area contributed by atoms with E-state index >= 15 is 0 Å². The van der Waals surface area contributed by atoms with Crippen molar-refractivity contribution in [1.29, 1.82) is 0 Å². The quantitative estimate of drug-likeness (QED) is 0.917. The van der Waals surface area contributed by atoms with E-state index in [1.807, 2.05) is 0 Å². The summed E-state index contributed by atoms with van der Waals surface area (Å²) in [5.41, 5.74) is 1.95. The zero-order chi connectivity index (χ0) is 13.5. The molecular formula is C10H15F3N2OS. The first-order valence-electron chi connectivity index (χ1n) is 4.89. The average molecular weight is 268 g/mol. The lowest BCUT2D eigenvalue weighted by Crippen LogP contribution is -2.48. The van der Waals surface area contributed by atoms with E-state index in [4.69, 9.17) is 10.5 Å². The van der Waals surface area contributed by atoms with Crippen molar-refractivity contribution >= 4 is 11.3 Å². The molecule has 1 atom stereocenters. The molecular weight excluding hydrogens is 253 g/mol. The number of alkyl halides is 3. The van der Waals surface area contributed by atoms with Crippen LogP contribution in [0.25, 0.3) is 0 Å². The molecule has 0 aliphatic carbocycles. The molecule has 98 valence electrons. The molecule has 0 amide bonds. The summed E-state index contributed by atoms with van der Waals surface area (Å²) < 4.78 is 43.3. The lowest BCUT2D eigenvalue weighted by Gasteiger charge is -2.26. The van der Waals surface area contributed by atoms with Crippen LogP contribution in [0, 0.1) is 0 Å². The fraction of sp³-hybridized carbons (Fsp3) is 0.700. The molecule has 0 aliphatic rings. The highest BCUT2D eigenvalue weighted by atomic mass is 32.1. The minimum Gasteiger partial charge on any atom is -0.372 e. The molecule has 1 aromatic heterocycles. The van der Waals surface area contributed by atoms with E-state index in [1.165, 1.54) is 12.5 Å². The SMILES string of the molecule is COC(C)(C)c1nc(C(C)(N)C(F)(F)F)cs1. The Morgan fingerprint density at radius 2 is 1.82 bits per heavy atom. The van der Waals surface area contributed by atoms with Crippen LogP contribution in [0.15, 0.2) is 5.38 Å². The van der Waals surface area contributed by atoms with E-state index in [0.29, 0.717) is 5.01 Å². The van der Waals surface area contributed by atoms with Crippen molar-refractivity contribution < 1.29 is 17.9 Å². The summed E-state index contributed by atoms with van der Waals surface area (Å²) in [5.74, 6) is 0. The van der Waals surface area contributed by atoms with Gasteiger partial charge in [0.15, 0.2) is 5.54 Å². The summed E-state index contributed by atoms with van der Waals surface area (Å²) in [7, 11) is 1.48. The predicted octanol–water partition coefficient (Wildman–Crippen LogP) is 2.76. The van der Waals surface area contributed by atoms with Gasteiger partial charge in [-0.3, -0.25) is 0 Å². The fourth-order valence-electron chi connectivity index (χ4n) is 1.02. The van der Waals surface area contributed by atoms with Crippen molar-refractivity contribution in [1.82, 2.24) is 4.98 Å². The number of nitrogens with zero attached hydrogens (tertiary/aromatic N) is 1. The first kappa shape index (κ1) is 14.4. The smallest absolute Gasteiger partial charge is 0.372 e. The van der Waals surface area contributed by atoms with E-state index in [2.05, 4.69) is 4.98 Å². The Bertz CT molecular complexity index is 399. The Kier molecular flexibility index (Phi) is 3.58. The number of halogens is 3. The first-order valence-corrected chi connectivity index (χ1v) is 5.77. The standard InChI is InChI=1S/C10H15F3N2OS/c1-8(2,16-4)7-15-6(5-17-7)9(3,14)10(11,12)13/h5H,14H2,1-4H3. The van der Waals surface area contributed by atoms with Crippen LogP contribution in [0.1, 0.15) is 31.5 Å². The van der Waals surface area contributed by atoms with Gasteiger partial charge in [0.1, 0.15) is 10.6 Å². The molecule has 0 aliphatic heterocycles. The lowest BCUT2D eigenvalue weighted by molar-refractivity contribution is -0.185.